The Balaban J connectivity index is 2.17. The highest BCUT2D eigenvalue weighted by molar-refractivity contribution is 6.31. The van der Waals surface area contributed by atoms with Crippen LogP contribution in [0.15, 0.2) is 42.5 Å². The third kappa shape index (κ3) is 3.17. The molecule has 1 amide bonds. The molecule has 0 atom stereocenters. The number of benzene rings is 2. The van der Waals surface area contributed by atoms with Gasteiger partial charge in [0, 0.05) is 16.3 Å². The molecule has 0 radical (unpaired) electrons. The molecule has 0 aromatic heterocycles. The zero-order valence-corrected chi connectivity index (χ0v) is 11.1. The molecule has 0 fully saturated rings. The van der Waals surface area contributed by atoms with Crippen LogP contribution in [0.1, 0.15) is 10.4 Å². The molecule has 19 heavy (non-hydrogen) atoms. The Morgan fingerprint density at radius 1 is 1.26 bits per heavy atom. The van der Waals surface area contributed by atoms with Crippen LogP contribution in [0.5, 0.6) is 5.75 Å². The average Bonchev–Trinajstić information content (AvgIpc) is 2.39. The van der Waals surface area contributed by atoms with Crippen LogP contribution in [-0.2, 0) is 0 Å². The summed E-state index contributed by atoms with van der Waals surface area (Å²) in [4.78, 5) is 12.0. The van der Waals surface area contributed by atoms with Gasteiger partial charge in [-0.2, -0.15) is 0 Å². The number of methoxy groups -OCH3 is 1. The van der Waals surface area contributed by atoms with Crippen LogP contribution in [-0.4, -0.2) is 13.0 Å². The maximum atomic E-state index is 12.0. The molecule has 3 N–H and O–H groups in total. The van der Waals surface area contributed by atoms with E-state index in [1.54, 1.807) is 42.5 Å². The summed E-state index contributed by atoms with van der Waals surface area (Å²) in [5.41, 5.74) is 7.33. The lowest BCUT2D eigenvalue weighted by Crippen LogP contribution is -2.12. The first-order chi connectivity index (χ1) is 9.10. The lowest BCUT2D eigenvalue weighted by Gasteiger charge is -2.09. The molecule has 0 saturated heterocycles. The van der Waals surface area contributed by atoms with Crippen molar-refractivity contribution in [3.63, 3.8) is 0 Å². The Labute approximate surface area is 116 Å². The van der Waals surface area contributed by atoms with Gasteiger partial charge < -0.3 is 15.8 Å². The molecule has 0 spiro atoms. The Morgan fingerprint density at radius 2 is 2.05 bits per heavy atom. The van der Waals surface area contributed by atoms with Gasteiger partial charge in [0.05, 0.1) is 12.8 Å². The average molecular weight is 277 g/mol. The van der Waals surface area contributed by atoms with Crippen LogP contribution < -0.4 is 15.8 Å². The molecule has 0 aliphatic heterocycles. The lowest BCUT2D eigenvalue weighted by molar-refractivity contribution is 0.102. The molecule has 2 aromatic carbocycles. The number of hydrogen-bond donors (Lipinski definition) is 2. The van der Waals surface area contributed by atoms with E-state index < -0.39 is 0 Å². The fourth-order valence-corrected chi connectivity index (χ4v) is 1.84. The molecule has 4 nitrogen and oxygen atoms in total. The smallest absolute Gasteiger partial charge is 0.255 e. The van der Waals surface area contributed by atoms with Crippen LogP contribution >= 0.6 is 11.6 Å². The molecule has 0 saturated carbocycles. The maximum absolute atomic E-state index is 12.0. The summed E-state index contributed by atoms with van der Waals surface area (Å²) in [7, 11) is 1.54. The number of carbonyl (C=O) groups is 1. The number of halogens is 1. The van der Waals surface area contributed by atoms with Crippen LogP contribution in [0.25, 0.3) is 0 Å². The van der Waals surface area contributed by atoms with Gasteiger partial charge in [-0.25, -0.2) is 0 Å². The van der Waals surface area contributed by atoms with E-state index in [4.69, 9.17) is 22.1 Å². The molecule has 0 unspecified atom stereocenters. The van der Waals surface area contributed by atoms with E-state index in [0.29, 0.717) is 27.7 Å². The quantitative estimate of drug-likeness (QED) is 0.846. The number of rotatable bonds is 3. The van der Waals surface area contributed by atoms with E-state index in [1.165, 1.54) is 7.11 Å². The monoisotopic (exact) mass is 276 g/mol. The number of nitrogens with two attached hydrogens (primary N) is 1. The van der Waals surface area contributed by atoms with E-state index in [0.717, 1.165) is 0 Å². The van der Waals surface area contributed by atoms with E-state index in [2.05, 4.69) is 5.32 Å². The zero-order chi connectivity index (χ0) is 13.8. The molecule has 5 heteroatoms. The number of anilines is 2. The Bertz CT molecular complexity index is 614. The van der Waals surface area contributed by atoms with Gasteiger partial charge in [-0.1, -0.05) is 17.7 Å². The van der Waals surface area contributed by atoms with Crippen molar-refractivity contribution in [3.8, 4) is 5.75 Å². The first kappa shape index (κ1) is 13.2. The van der Waals surface area contributed by atoms with Crippen molar-refractivity contribution in [1.29, 1.82) is 0 Å². The highest BCUT2D eigenvalue weighted by atomic mass is 35.5. The van der Waals surface area contributed by atoms with Gasteiger partial charge in [-0.15, -0.1) is 0 Å². The van der Waals surface area contributed by atoms with E-state index in [9.17, 15) is 4.79 Å². The van der Waals surface area contributed by atoms with Crippen molar-refractivity contribution in [1.82, 2.24) is 0 Å². The summed E-state index contributed by atoms with van der Waals surface area (Å²) < 4.78 is 5.05. The summed E-state index contributed by atoms with van der Waals surface area (Å²) in [6.07, 6.45) is 0. The first-order valence-electron chi connectivity index (χ1n) is 5.60. The normalized spacial score (nSPS) is 10.0. The largest absolute Gasteiger partial charge is 0.495 e. The van der Waals surface area contributed by atoms with E-state index in [-0.39, 0.29) is 5.91 Å². The van der Waals surface area contributed by atoms with Crippen LogP contribution in [0.3, 0.4) is 0 Å². The van der Waals surface area contributed by atoms with Crippen molar-refractivity contribution in [3.05, 3.63) is 53.1 Å². The number of nitrogen functional groups attached to an aromatic ring is 1. The fourth-order valence-electron chi connectivity index (χ4n) is 1.65. The number of amides is 1. The molecule has 2 aromatic rings. The van der Waals surface area contributed by atoms with Gasteiger partial charge in [-0.05, 0) is 36.4 Å². The standard InChI is InChI=1S/C14H13ClN2O2/c1-19-13-6-5-11(8-12(13)16)17-14(18)9-3-2-4-10(15)7-9/h2-8H,16H2,1H3,(H,17,18). The maximum Gasteiger partial charge on any atom is 0.255 e. The zero-order valence-electron chi connectivity index (χ0n) is 10.3. The third-order valence-electron chi connectivity index (χ3n) is 2.57. The topological polar surface area (TPSA) is 64.3 Å². The minimum atomic E-state index is -0.243. The highest BCUT2D eigenvalue weighted by Gasteiger charge is 2.07. The molecular formula is C14H13ClN2O2. The summed E-state index contributed by atoms with van der Waals surface area (Å²) in [5.74, 6) is 0.327. The molecule has 0 heterocycles. The number of nitrogens with one attached hydrogen (secondary N) is 1. The number of ether oxygens (including phenoxy) is 1. The minimum absolute atomic E-state index is 0.243. The lowest BCUT2D eigenvalue weighted by atomic mass is 10.2. The van der Waals surface area contributed by atoms with E-state index >= 15 is 0 Å². The second kappa shape index (κ2) is 5.63. The van der Waals surface area contributed by atoms with Crippen LogP contribution in [0, 0.1) is 0 Å². The molecule has 0 aliphatic carbocycles. The van der Waals surface area contributed by atoms with Gasteiger partial charge in [0.2, 0.25) is 0 Å². The first-order valence-corrected chi connectivity index (χ1v) is 5.98. The Kier molecular flexibility index (Phi) is 3.92. The van der Waals surface area contributed by atoms with Crippen molar-refractivity contribution < 1.29 is 9.53 Å². The van der Waals surface area contributed by atoms with Gasteiger partial charge in [0.25, 0.3) is 5.91 Å². The van der Waals surface area contributed by atoms with Gasteiger partial charge in [-0.3, -0.25) is 4.79 Å². The van der Waals surface area contributed by atoms with Crippen LogP contribution in [0.2, 0.25) is 5.02 Å². The third-order valence-corrected chi connectivity index (χ3v) is 2.81. The fraction of sp³-hybridized carbons (Fsp3) is 0.0714. The van der Waals surface area contributed by atoms with Crippen molar-refractivity contribution in [2.45, 2.75) is 0 Å². The molecular weight excluding hydrogens is 264 g/mol. The second-order valence-corrected chi connectivity index (χ2v) is 4.36. The van der Waals surface area contributed by atoms with Crippen molar-refractivity contribution in [2.75, 3.05) is 18.2 Å². The predicted molar refractivity (Wildman–Crippen MR) is 76.8 cm³/mol. The number of hydrogen-bond acceptors (Lipinski definition) is 3. The summed E-state index contributed by atoms with van der Waals surface area (Å²) in [6.45, 7) is 0. The van der Waals surface area contributed by atoms with Gasteiger partial charge in [0.15, 0.2) is 0 Å². The minimum Gasteiger partial charge on any atom is -0.495 e. The second-order valence-electron chi connectivity index (χ2n) is 3.92. The van der Waals surface area contributed by atoms with Gasteiger partial charge >= 0.3 is 0 Å². The SMILES string of the molecule is COc1ccc(NC(=O)c2cccc(Cl)c2)cc1N. The summed E-state index contributed by atoms with van der Waals surface area (Å²) in [6, 6.07) is 11.8. The van der Waals surface area contributed by atoms with Crippen molar-refractivity contribution >= 4 is 28.9 Å². The Morgan fingerprint density at radius 3 is 2.68 bits per heavy atom. The van der Waals surface area contributed by atoms with Crippen LogP contribution in [0.4, 0.5) is 11.4 Å². The molecule has 2 rings (SSSR count). The summed E-state index contributed by atoms with van der Waals surface area (Å²) >= 11 is 5.84. The highest BCUT2D eigenvalue weighted by Crippen LogP contribution is 2.25. The molecule has 0 aliphatic rings. The Hall–Kier alpha value is -2.20. The number of carbonyl (C=O) groups excluding carboxylic acids is 1. The summed E-state index contributed by atoms with van der Waals surface area (Å²) in [5, 5.41) is 3.26. The van der Waals surface area contributed by atoms with E-state index in [1.807, 2.05) is 0 Å². The molecule has 98 valence electrons. The predicted octanol–water partition coefficient (Wildman–Crippen LogP) is 3.18. The van der Waals surface area contributed by atoms with Gasteiger partial charge in [0.1, 0.15) is 5.75 Å². The van der Waals surface area contributed by atoms with Crippen molar-refractivity contribution in [2.24, 2.45) is 0 Å². The molecule has 0 bridgehead atoms.